The van der Waals surface area contributed by atoms with Crippen LogP contribution in [0.1, 0.15) is 5.56 Å². The van der Waals surface area contributed by atoms with Crippen LogP contribution in [-0.2, 0) is 6.73 Å². The molecule has 2 rings (SSSR count). The van der Waals surface area contributed by atoms with Gasteiger partial charge in [0.15, 0.2) is 18.3 Å². The van der Waals surface area contributed by atoms with Crippen LogP contribution in [0.2, 0.25) is 0 Å². The van der Waals surface area contributed by atoms with Gasteiger partial charge >= 0.3 is 0 Å². The van der Waals surface area contributed by atoms with Gasteiger partial charge in [-0.15, -0.1) is 0 Å². The maximum atomic E-state index is 13.2. The van der Waals surface area contributed by atoms with Gasteiger partial charge in [-0.3, -0.25) is 0 Å². The number of halogens is 1. The molecule has 0 spiro atoms. The highest BCUT2D eigenvalue weighted by Crippen LogP contribution is 2.15. The second-order valence-electron chi connectivity index (χ2n) is 3.08. The molecular weight excluding hydrogens is 209 g/mol. The van der Waals surface area contributed by atoms with Gasteiger partial charge in [0.1, 0.15) is 6.07 Å². The van der Waals surface area contributed by atoms with E-state index in [0.717, 1.165) is 0 Å². The number of aromatic nitrogens is 2. The Morgan fingerprint density at radius 2 is 2.25 bits per heavy atom. The summed E-state index contributed by atoms with van der Waals surface area (Å²) >= 11 is 0. The first-order valence-electron chi connectivity index (χ1n) is 4.59. The molecule has 0 saturated carbocycles. The molecule has 0 aliphatic rings. The van der Waals surface area contributed by atoms with Crippen LogP contribution in [0, 0.1) is 17.1 Å². The highest BCUT2D eigenvalue weighted by Gasteiger charge is 2.02. The molecule has 0 amide bonds. The number of hydrogen-bond acceptors (Lipinski definition) is 3. The van der Waals surface area contributed by atoms with Crippen LogP contribution in [0.4, 0.5) is 4.39 Å². The van der Waals surface area contributed by atoms with Crippen molar-refractivity contribution in [3.05, 3.63) is 48.0 Å². The fraction of sp³-hybridized carbons (Fsp3) is 0.0909. The molecule has 0 unspecified atom stereocenters. The topological polar surface area (TPSA) is 50.8 Å². The van der Waals surface area contributed by atoms with Crippen molar-refractivity contribution in [1.29, 1.82) is 5.26 Å². The van der Waals surface area contributed by atoms with E-state index in [1.165, 1.54) is 29.2 Å². The van der Waals surface area contributed by atoms with Gasteiger partial charge in [0.2, 0.25) is 0 Å². The maximum Gasteiger partial charge on any atom is 0.181 e. The van der Waals surface area contributed by atoms with Crippen molar-refractivity contribution < 1.29 is 9.13 Å². The molecule has 2 aromatic rings. The average molecular weight is 217 g/mol. The summed E-state index contributed by atoms with van der Waals surface area (Å²) in [6, 6.07) is 8.06. The summed E-state index contributed by atoms with van der Waals surface area (Å²) in [5.41, 5.74) is 0.442. The van der Waals surface area contributed by atoms with Crippen molar-refractivity contribution in [3.63, 3.8) is 0 Å². The van der Waals surface area contributed by atoms with Crippen LogP contribution >= 0.6 is 0 Å². The molecule has 16 heavy (non-hydrogen) atoms. The Balaban J connectivity index is 2.03. The van der Waals surface area contributed by atoms with E-state index in [0.29, 0.717) is 5.56 Å². The first-order chi connectivity index (χ1) is 7.79. The number of ether oxygens (including phenoxy) is 1. The maximum absolute atomic E-state index is 13.2. The lowest BCUT2D eigenvalue weighted by atomic mass is 10.3. The molecule has 0 bridgehead atoms. The fourth-order valence-electron chi connectivity index (χ4n) is 1.19. The molecule has 0 saturated heterocycles. The first-order valence-corrected chi connectivity index (χ1v) is 4.59. The van der Waals surface area contributed by atoms with Gasteiger partial charge in [0.25, 0.3) is 0 Å². The molecule has 0 radical (unpaired) electrons. The molecule has 1 aromatic heterocycles. The Morgan fingerprint density at radius 3 is 2.94 bits per heavy atom. The van der Waals surface area contributed by atoms with Crippen molar-refractivity contribution in [2.45, 2.75) is 6.73 Å². The first kappa shape index (κ1) is 10.2. The van der Waals surface area contributed by atoms with Crippen LogP contribution in [-0.4, -0.2) is 9.78 Å². The summed E-state index contributed by atoms with van der Waals surface area (Å²) in [5.74, 6) is -0.258. The van der Waals surface area contributed by atoms with E-state index in [9.17, 15) is 4.39 Å². The molecule has 1 aromatic carbocycles. The predicted octanol–water partition coefficient (Wildman–Crippen LogP) is 1.93. The Kier molecular flexibility index (Phi) is 2.83. The van der Waals surface area contributed by atoms with Crippen LogP contribution in [0.25, 0.3) is 0 Å². The van der Waals surface area contributed by atoms with E-state index in [1.807, 2.05) is 6.07 Å². The summed E-state index contributed by atoms with van der Waals surface area (Å²) in [6.07, 6.45) is 2.95. The van der Waals surface area contributed by atoms with E-state index in [2.05, 4.69) is 5.10 Å². The summed E-state index contributed by atoms with van der Waals surface area (Å²) in [4.78, 5) is 0. The molecular formula is C11H8FN3O. The molecule has 1 heterocycles. The minimum absolute atomic E-state index is 0.0720. The Hall–Kier alpha value is -2.35. The summed E-state index contributed by atoms with van der Waals surface area (Å²) in [5, 5.41) is 12.5. The SMILES string of the molecule is N#Cc1cnn(COc2ccccc2F)c1. The highest BCUT2D eigenvalue weighted by molar-refractivity contribution is 5.24. The van der Waals surface area contributed by atoms with Crippen LogP contribution in [0.15, 0.2) is 36.7 Å². The fourth-order valence-corrected chi connectivity index (χ4v) is 1.19. The second kappa shape index (κ2) is 4.45. The van der Waals surface area contributed by atoms with Crippen molar-refractivity contribution in [1.82, 2.24) is 9.78 Å². The molecule has 4 nitrogen and oxygen atoms in total. The number of para-hydroxylation sites is 1. The molecule has 80 valence electrons. The summed E-state index contributed by atoms with van der Waals surface area (Å²) in [7, 11) is 0. The average Bonchev–Trinajstić information content (AvgIpc) is 2.76. The predicted molar refractivity (Wildman–Crippen MR) is 54.0 cm³/mol. The highest BCUT2D eigenvalue weighted by atomic mass is 19.1. The molecule has 0 N–H and O–H groups in total. The Bertz CT molecular complexity index is 530. The van der Waals surface area contributed by atoms with Crippen molar-refractivity contribution in [2.75, 3.05) is 0 Å². The Morgan fingerprint density at radius 1 is 1.44 bits per heavy atom. The molecule has 0 fully saturated rings. The molecule has 0 aliphatic carbocycles. The zero-order chi connectivity index (χ0) is 11.4. The van der Waals surface area contributed by atoms with Gasteiger partial charge in [-0.2, -0.15) is 10.4 Å². The van der Waals surface area contributed by atoms with E-state index in [4.69, 9.17) is 10.00 Å². The molecule has 5 heteroatoms. The monoisotopic (exact) mass is 217 g/mol. The second-order valence-corrected chi connectivity index (χ2v) is 3.08. The largest absolute Gasteiger partial charge is 0.468 e. The van der Waals surface area contributed by atoms with Crippen molar-refractivity contribution in [2.24, 2.45) is 0 Å². The quantitative estimate of drug-likeness (QED) is 0.789. The van der Waals surface area contributed by atoms with Gasteiger partial charge in [-0.1, -0.05) is 12.1 Å². The van der Waals surface area contributed by atoms with Gasteiger partial charge in [-0.25, -0.2) is 9.07 Å². The molecule has 0 atom stereocenters. The lowest BCUT2D eigenvalue weighted by molar-refractivity contribution is 0.211. The van der Waals surface area contributed by atoms with Crippen LogP contribution in [0.5, 0.6) is 5.75 Å². The van der Waals surface area contributed by atoms with Gasteiger partial charge in [0, 0.05) is 6.20 Å². The zero-order valence-corrected chi connectivity index (χ0v) is 8.30. The van der Waals surface area contributed by atoms with E-state index < -0.39 is 5.82 Å². The van der Waals surface area contributed by atoms with Crippen molar-refractivity contribution in [3.8, 4) is 11.8 Å². The number of hydrogen-bond donors (Lipinski definition) is 0. The van der Waals surface area contributed by atoms with Crippen molar-refractivity contribution >= 4 is 0 Å². The minimum Gasteiger partial charge on any atom is -0.468 e. The Labute approximate surface area is 91.5 Å². The third kappa shape index (κ3) is 2.17. The standard InChI is InChI=1S/C11H8FN3O/c12-10-3-1-2-4-11(10)16-8-15-7-9(5-13)6-14-15/h1-4,6-7H,8H2. The normalized spacial score (nSPS) is 9.75. The lowest BCUT2D eigenvalue weighted by Gasteiger charge is -2.06. The lowest BCUT2D eigenvalue weighted by Crippen LogP contribution is -2.06. The zero-order valence-electron chi connectivity index (χ0n) is 8.30. The number of benzene rings is 1. The third-order valence-electron chi connectivity index (χ3n) is 1.95. The van der Waals surface area contributed by atoms with Gasteiger partial charge in [-0.05, 0) is 12.1 Å². The minimum atomic E-state index is -0.421. The smallest absolute Gasteiger partial charge is 0.181 e. The third-order valence-corrected chi connectivity index (χ3v) is 1.95. The van der Waals surface area contributed by atoms with Gasteiger partial charge < -0.3 is 4.74 Å². The van der Waals surface area contributed by atoms with E-state index in [-0.39, 0.29) is 12.5 Å². The van der Waals surface area contributed by atoms with Crippen LogP contribution < -0.4 is 4.74 Å². The molecule has 0 aliphatic heterocycles. The summed E-state index contributed by atoms with van der Waals surface area (Å²) in [6.45, 7) is 0.0720. The van der Waals surface area contributed by atoms with Gasteiger partial charge in [0.05, 0.1) is 11.8 Å². The number of nitriles is 1. The van der Waals surface area contributed by atoms with E-state index in [1.54, 1.807) is 12.1 Å². The van der Waals surface area contributed by atoms with Crippen LogP contribution in [0.3, 0.4) is 0 Å². The summed E-state index contributed by atoms with van der Waals surface area (Å²) < 4.78 is 19.8. The number of rotatable bonds is 3. The van der Waals surface area contributed by atoms with E-state index >= 15 is 0 Å². The number of nitrogens with zero attached hydrogens (tertiary/aromatic N) is 3.